The lowest BCUT2D eigenvalue weighted by atomic mass is 9.79. The standard InChI is InChI=1S/C21H39N5O/c1-23-20(25-12-8-9-18(16-25)15-19(22)27)24-17-21(10-4-2-5-11-21)26-13-6-3-7-14-26/h18H,2-17H2,1H3,(H2,22,27)(H,23,24). The van der Waals surface area contributed by atoms with E-state index in [4.69, 9.17) is 5.73 Å². The molecule has 3 N–H and O–H groups in total. The predicted molar refractivity (Wildman–Crippen MR) is 111 cm³/mol. The average Bonchev–Trinajstić information content (AvgIpc) is 2.70. The van der Waals surface area contributed by atoms with Crippen LogP contribution in [0.4, 0.5) is 0 Å². The van der Waals surface area contributed by atoms with E-state index in [1.165, 1.54) is 64.5 Å². The van der Waals surface area contributed by atoms with Gasteiger partial charge in [-0.15, -0.1) is 0 Å². The van der Waals surface area contributed by atoms with Crippen LogP contribution in [0.1, 0.15) is 70.6 Å². The molecular weight excluding hydrogens is 338 g/mol. The fourth-order valence-corrected chi connectivity index (χ4v) is 5.47. The zero-order valence-corrected chi connectivity index (χ0v) is 17.2. The second-order valence-corrected chi connectivity index (χ2v) is 8.86. The monoisotopic (exact) mass is 377 g/mol. The van der Waals surface area contributed by atoms with Gasteiger partial charge in [-0.2, -0.15) is 0 Å². The number of hydrogen-bond acceptors (Lipinski definition) is 3. The zero-order valence-electron chi connectivity index (χ0n) is 17.2. The van der Waals surface area contributed by atoms with Gasteiger partial charge in [0.25, 0.3) is 0 Å². The first-order valence-corrected chi connectivity index (χ1v) is 11.1. The number of likely N-dealkylation sites (tertiary alicyclic amines) is 2. The molecule has 2 aliphatic heterocycles. The van der Waals surface area contributed by atoms with E-state index in [1.807, 2.05) is 7.05 Å². The van der Waals surface area contributed by atoms with E-state index < -0.39 is 0 Å². The molecule has 3 rings (SSSR count). The van der Waals surface area contributed by atoms with Gasteiger partial charge in [0.15, 0.2) is 5.96 Å². The minimum Gasteiger partial charge on any atom is -0.370 e. The number of rotatable bonds is 5. The lowest BCUT2D eigenvalue weighted by Gasteiger charge is -2.49. The molecule has 1 aliphatic carbocycles. The van der Waals surface area contributed by atoms with E-state index in [2.05, 4.69) is 20.1 Å². The fourth-order valence-electron chi connectivity index (χ4n) is 5.47. The molecule has 0 radical (unpaired) electrons. The van der Waals surface area contributed by atoms with Gasteiger partial charge in [-0.05, 0) is 57.5 Å². The Kier molecular flexibility index (Phi) is 7.39. The highest BCUT2D eigenvalue weighted by Crippen LogP contribution is 2.35. The summed E-state index contributed by atoms with van der Waals surface area (Å²) in [5.74, 6) is 1.18. The van der Waals surface area contributed by atoms with Crippen LogP contribution in [0.3, 0.4) is 0 Å². The van der Waals surface area contributed by atoms with Crippen LogP contribution in [0, 0.1) is 5.92 Å². The van der Waals surface area contributed by atoms with Gasteiger partial charge in [-0.3, -0.25) is 14.7 Å². The van der Waals surface area contributed by atoms with E-state index in [0.29, 0.717) is 17.9 Å². The zero-order chi connectivity index (χ0) is 19.1. The molecule has 0 aromatic rings. The van der Waals surface area contributed by atoms with Gasteiger partial charge in [0.2, 0.25) is 5.91 Å². The maximum absolute atomic E-state index is 11.3. The van der Waals surface area contributed by atoms with Gasteiger partial charge in [0.1, 0.15) is 0 Å². The van der Waals surface area contributed by atoms with Crippen LogP contribution < -0.4 is 11.1 Å². The smallest absolute Gasteiger partial charge is 0.217 e. The largest absolute Gasteiger partial charge is 0.370 e. The summed E-state index contributed by atoms with van der Waals surface area (Å²) >= 11 is 0. The van der Waals surface area contributed by atoms with Gasteiger partial charge in [0, 0.05) is 38.6 Å². The molecule has 0 aromatic carbocycles. The number of aliphatic imine (C=N–C) groups is 1. The number of amides is 1. The van der Waals surface area contributed by atoms with Crippen molar-refractivity contribution in [2.24, 2.45) is 16.6 Å². The number of carbonyl (C=O) groups excluding carboxylic acids is 1. The molecule has 1 unspecified atom stereocenters. The Bertz CT molecular complexity index is 509. The summed E-state index contributed by atoms with van der Waals surface area (Å²) in [5.41, 5.74) is 5.73. The summed E-state index contributed by atoms with van der Waals surface area (Å²) < 4.78 is 0. The number of piperidine rings is 2. The molecule has 1 amide bonds. The highest BCUT2D eigenvalue weighted by molar-refractivity contribution is 5.80. The number of nitrogens with two attached hydrogens (primary N) is 1. The molecule has 6 heteroatoms. The SMILES string of the molecule is CN=C(NCC1(N2CCCCC2)CCCCC1)N1CCCC(CC(N)=O)C1. The van der Waals surface area contributed by atoms with Crippen molar-refractivity contribution in [3.63, 3.8) is 0 Å². The van der Waals surface area contributed by atoms with Crippen LogP contribution in [0.5, 0.6) is 0 Å². The maximum atomic E-state index is 11.3. The summed E-state index contributed by atoms with van der Waals surface area (Å²) in [5, 5.41) is 3.74. The fraction of sp³-hybridized carbons (Fsp3) is 0.905. The van der Waals surface area contributed by atoms with E-state index in [-0.39, 0.29) is 5.91 Å². The molecule has 1 atom stereocenters. The number of carbonyl (C=O) groups is 1. The van der Waals surface area contributed by atoms with Gasteiger partial charge < -0.3 is 16.0 Å². The Morgan fingerprint density at radius 1 is 1.07 bits per heavy atom. The Labute approximate surface area is 164 Å². The van der Waals surface area contributed by atoms with Gasteiger partial charge >= 0.3 is 0 Å². The number of nitrogens with zero attached hydrogens (tertiary/aromatic N) is 3. The topological polar surface area (TPSA) is 74.0 Å². The molecule has 0 bridgehead atoms. The maximum Gasteiger partial charge on any atom is 0.217 e. The first-order valence-electron chi connectivity index (χ1n) is 11.1. The first kappa shape index (κ1) is 20.4. The molecule has 1 saturated carbocycles. The number of guanidine groups is 1. The van der Waals surface area contributed by atoms with E-state index in [1.54, 1.807) is 0 Å². The number of hydrogen-bond donors (Lipinski definition) is 2. The van der Waals surface area contributed by atoms with Crippen molar-refractivity contribution in [3.8, 4) is 0 Å². The summed E-state index contributed by atoms with van der Waals surface area (Å²) in [4.78, 5) is 21.0. The molecule has 2 heterocycles. The Morgan fingerprint density at radius 3 is 2.44 bits per heavy atom. The minimum atomic E-state index is -0.184. The Morgan fingerprint density at radius 2 is 1.78 bits per heavy atom. The number of primary amides is 1. The summed E-state index contributed by atoms with van der Waals surface area (Å²) in [6, 6.07) is 0. The molecule has 154 valence electrons. The van der Waals surface area contributed by atoms with Crippen LogP contribution >= 0.6 is 0 Å². The van der Waals surface area contributed by atoms with Crippen molar-refractivity contribution < 1.29 is 4.79 Å². The molecule has 27 heavy (non-hydrogen) atoms. The summed E-state index contributed by atoms with van der Waals surface area (Å²) in [7, 11) is 1.88. The molecule has 3 fully saturated rings. The highest BCUT2D eigenvalue weighted by Gasteiger charge is 2.38. The van der Waals surface area contributed by atoms with Crippen LogP contribution in [0.15, 0.2) is 4.99 Å². The quantitative estimate of drug-likeness (QED) is 0.570. The second kappa shape index (κ2) is 9.76. The van der Waals surface area contributed by atoms with Gasteiger partial charge in [-0.1, -0.05) is 25.7 Å². The molecule has 0 aromatic heterocycles. The van der Waals surface area contributed by atoms with E-state index in [0.717, 1.165) is 38.4 Å². The van der Waals surface area contributed by atoms with E-state index >= 15 is 0 Å². The third-order valence-electron chi connectivity index (χ3n) is 6.91. The van der Waals surface area contributed by atoms with Crippen LogP contribution in [0.25, 0.3) is 0 Å². The molecule has 6 nitrogen and oxygen atoms in total. The van der Waals surface area contributed by atoms with Crippen molar-refractivity contribution in [2.75, 3.05) is 39.8 Å². The van der Waals surface area contributed by atoms with E-state index in [9.17, 15) is 4.79 Å². The van der Waals surface area contributed by atoms with Gasteiger partial charge in [0.05, 0.1) is 0 Å². The third-order valence-corrected chi connectivity index (χ3v) is 6.91. The lowest BCUT2D eigenvalue weighted by Crippen LogP contribution is -2.59. The molecule has 0 spiro atoms. The predicted octanol–water partition coefficient (Wildman–Crippen LogP) is 2.34. The second-order valence-electron chi connectivity index (χ2n) is 8.86. The minimum absolute atomic E-state index is 0.184. The van der Waals surface area contributed by atoms with Crippen molar-refractivity contribution in [1.82, 2.24) is 15.1 Å². The average molecular weight is 378 g/mol. The Balaban J connectivity index is 1.61. The normalized spacial score (nSPS) is 27.4. The van der Waals surface area contributed by atoms with Crippen LogP contribution in [-0.4, -0.2) is 67.0 Å². The van der Waals surface area contributed by atoms with Crippen LogP contribution in [-0.2, 0) is 4.79 Å². The third kappa shape index (κ3) is 5.37. The van der Waals surface area contributed by atoms with Crippen molar-refractivity contribution in [2.45, 2.75) is 76.2 Å². The molecular formula is C21H39N5O. The molecule has 2 saturated heterocycles. The highest BCUT2D eigenvalue weighted by atomic mass is 16.1. The Hall–Kier alpha value is -1.30. The van der Waals surface area contributed by atoms with Crippen LogP contribution in [0.2, 0.25) is 0 Å². The number of nitrogens with one attached hydrogen (secondary N) is 1. The lowest BCUT2D eigenvalue weighted by molar-refractivity contribution is -0.119. The van der Waals surface area contributed by atoms with Crippen molar-refractivity contribution in [1.29, 1.82) is 0 Å². The summed E-state index contributed by atoms with van der Waals surface area (Å²) in [6.45, 7) is 5.41. The van der Waals surface area contributed by atoms with Crippen molar-refractivity contribution >= 4 is 11.9 Å². The molecule has 3 aliphatic rings. The van der Waals surface area contributed by atoms with Gasteiger partial charge in [-0.25, -0.2) is 0 Å². The summed E-state index contributed by atoms with van der Waals surface area (Å²) in [6.07, 6.45) is 13.5. The first-order chi connectivity index (χ1) is 13.1. The van der Waals surface area contributed by atoms with Crippen molar-refractivity contribution in [3.05, 3.63) is 0 Å².